The van der Waals surface area contributed by atoms with Crippen LogP contribution in [0, 0.1) is 0 Å². The van der Waals surface area contributed by atoms with Gasteiger partial charge in [0, 0.05) is 19.5 Å². The Morgan fingerprint density at radius 1 is 1.16 bits per heavy atom. The van der Waals surface area contributed by atoms with Gasteiger partial charge in [0.05, 0.1) is 12.6 Å². The normalized spacial score (nSPS) is 17.5. The van der Waals surface area contributed by atoms with E-state index in [0.717, 1.165) is 31.3 Å². The molecule has 0 amide bonds. The molecule has 1 aliphatic rings. The highest BCUT2D eigenvalue weighted by molar-refractivity contribution is 14.0. The van der Waals surface area contributed by atoms with E-state index in [1.165, 1.54) is 11.1 Å². The molecule has 25 heavy (non-hydrogen) atoms. The minimum Gasteiger partial charge on any atom is -0.493 e. The van der Waals surface area contributed by atoms with E-state index >= 15 is 0 Å². The van der Waals surface area contributed by atoms with Crippen LogP contribution in [0.2, 0.25) is 0 Å². The molecule has 1 aliphatic heterocycles. The molecule has 0 saturated heterocycles. The minimum absolute atomic E-state index is 0. The average Bonchev–Trinajstić information content (AvgIpc) is 2.65. The summed E-state index contributed by atoms with van der Waals surface area (Å²) < 4.78 is 5.74. The van der Waals surface area contributed by atoms with Gasteiger partial charge >= 0.3 is 0 Å². The van der Waals surface area contributed by atoms with Gasteiger partial charge in [-0.15, -0.1) is 24.0 Å². The quantitative estimate of drug-likeness (QED) is 0.418. The Bertz CT molecular complexity index is 690. The van der Waals surface area contributed by atoms with Gasteiger partial charge in [-0.1, -0.05) is 48.5 Å². The number of fused-ring (bicyclic) bond motifs is 1. The Hall–Kier alpha value is -1.76. The molecule has 5 heteroatoms. The number of benzene rings is 2. The maximum atomic E-state index is 5.74. The molecule has 1 heterocycles. The predicted octanol–water partition coefficient (Wildman–Crippen LogP) is 4.10. The summed E-state index contributed by atoms with van der Waals surface area (Å²) in [4.78, 5) is 4.36. The lowest BCUT2D eigenvalue weighted by Gasteiger charge is -2.27. The molecule has 0 aromatic heterocycles. The number of hydrogen-bond acceptors (Lipinski definition) is 2. The maximum absolute atomic E-state index is 5.74. The number of aliphatic imine (C=N–C) groups is 1. The van der Waals surface area contributed by atoms with Crippen LogP contribution in [-0.2, 0) is 0 Å². The lowest BCUT2D eigenvalue weighted by molar-refractivity contribution is 0.267. The summed E-state index contributed by atoms with van der Waals surface area (Å²) in [5.41, 5.74) is 2.53. The lowest BCUT2D eigenvalue weighted by Crippen LogP contribution is -2.41. The highest BCUT2D eigenvalue weighted by atomic mass is 127. The van der Waals surface area contributed by atoms with Crippen molar-refractivity contribution in [2.45, 2.75) is 25.3 Å². The number of rotatable bonds is 4. The van der Waals surface area contributed by atoms with E-state index in [-0.39, 0.29) is 30.0 Å². The Balaban J connectivity index is 0.00000225. The van der Waals surface area contributed by atoms with Crippen LogP contribution >= 0.6 is 24.0 Å². The molecule has 0 fully saturated rings. The number of hydrogen-bond donors (Lipinski definition) is 2. The number of guanidine groups is 1. The van der Waals surface area contributed by atoms with Crippen LogP contribution < -0.4 is 15.4 Å². The third-order valence-corrected chi connectivity index (χ3v) is 4.48. The second-order valence-corrected chi connectivity index (χ2v) is 6.10. The van der Waals surface area contributed by atoms with Crippen LogP contribution in [0.15, 0.2) is 59.6 Å². The molecular formula is C20H26IN3O. The zero-order valence-electron chi connectivity index (χ0n) is 14.7. The number of nitrogens with zero attached hydrogens (tertiary/aromatic N) is 1. The molecule has 4 nitrogen and oxygen atoms in total. The molecule has 0 bridgehead atoms. The first-order valence-corrected chi connectivity index (χ1v) is 8.52. The van der Waals surface area contributed by atoms with Gasteiger partial charge < -0.3 is 15.4 Å². The first-order valence-electron chi connectivity index (χ1n) is 8.52. The van der Waals surface area contributed by atoms with Gasteiger partial charge in [0.1, 0.15) is 5.75 Å². The molecule has 2 atom stereocenters. The molecule has 134 valence electrons. The van der Waals surface area contributed by atoms with E-state index in [1.54, 1.807) is 0 Å². The van der Waals surface area contributed by atoms with Crippen LogP contribution in [0.4, 0.5) is 0 Å². The number of nitrogens with one attached hydrogen (secondary N) is 2. The molecular weight excluding hydrogens is 425 g/mol. The summed E-state index contributed by atoms with van der Waals surface area (Å²) in [6, 6.07) is 18.9. The Labute approximate surface area is 167 Å². The lowest BCUT2D eigenvalue weighted by atomic mass is 9.93. The summed E-state index contributed by atoms with van der Waals surface area (Å²) in [6.07, 6.45) is 1.02. The molecule has 3 rings (SSSR count). The van der Waals surface area contributed by atoms with Gasteiger partial charge in [0.15, 0.2) is 5.96 Å². The van der Waals surface area contributed by atoms with E-state index in [9.17, 15) is 0 Å². The fraction of sp³-hybridized carbons (Fsp3) is 0.350. The highest BCUT2D eigenvalue weighted by Gasteiger charge is 2.21. The molecule has 2 unspecified atom stereocenters. The molecule has 0 spiro atoms. The first kappa shape index (κ1) is 19.6. The molecule has 0 radical (unpaired) electrons. The number of para-hydroxylation sites is 1. The van der Waals surface area contributed by atoms with Gasteiger partial charge in [-0.25, -0.2) is 0 Å². The fourth-order valence-electron chi connectivity index (χ4n) is 3.07. The van der Waals surface area contributed by atoms with Crippen molar-refractivity contribution in [3.63, 3.8) is 0 Å². The number of ether oxygens (including phenoxy) is 1. The SMILES string of the molecule is CN=C(NCC1CCOc2ccccc21)NC(C)c1ccccc1.I. The Morgan fingerprint density at radius 3 is 2.64 bits per heavy atom. The Kier molecular flexibility index (Phi) is 7.55. The van der Waals surface area contributed by atoms with Gasteiger partial charge in [0.25, 0.3) is 0 Å². The van der Waals surface area contributed by atoms with Crippen molar-refractivity contribution >= 4 is 29.9 Å². The second-order valence-electron chi connectivity index (χ2n) is 6.10. The van der Waals surface area contributed by atoms with Crippen LogP contribution in [0.1, 0.15) is 36.4 Å². The van der Waals surface area contributed by atoms with E-state index in [1.807, 2.05) is 25.2 Å². The Morgan fingerprint density at radius 2 is 1.88 bits per heavy atom. The monoisotopic (exact) mass is 451 g/mol. The predicted molar refractivity (Wildman–Crippen MR) is 114 cm³/mol. The van der Waals surface area contributed by atoms with Crippen molar-refractivity contribution in [2.24, 2.45) is 4.99 Å². The molecule has 0 saturated carbocycles. The molecule has 2 aromatic carbocycles. The largest absolute Gasteiger partial charge is 0.493 e. The van der Waals surface area contributed by atoms with Crippen LogP contribution in [0.5, 0.6) is 5.75 Å². The topological polar surface area (TPSA) is 45.7 Å². The van der Waals surface area contributed by atoms with Crippen molar-refractivity contribution in [2.75, 3.05) is 20.2 Å². The zero-order valence-corrected chi connectivity index (χ0v) is 17.1. The molecule has 2 N–H and O–H groups in total. The smallest absolute Gasteiger partial charge is 0.191 e. The van der Waals surface area contributed by atoms with Crippen LogP contribution in [0.25, 0.3) is 0 Å². The van der Waals surface area contributed by atoms with Gasteiger partial charge in [-0.3, -0.25) is 4.99 Å². The van der Waals surface area contributed by atoms with Crippen molar-refractivity contribution in [1.29, 1.82) is 0 Å². The van der Waals surface area contributed by atoms with Gasteiger partial charge in [0.2, 0.25) is 0 Å². The van der Waals surface area contributed by atoms with E-state index in [4.69, 9.17) is 4.74 Å². The van der Waals surface area contributed by atoms with Gasteiger partial charge in [-0.05, 0) is 30.5 Å². The summed E-state index contributed by atoms with van der Waals surface area (Å²) in [5, 5.41) is 6.92. The van der Waals surface area contributed by atoms with Crippen molar-refractivity contribution in [3.8, 4) is 5.75 Å². The summed E-state index contributed by atoms with van der Waals surface area (Å²) in [5.74, 6) is 2.28. The zero-order chi connectivity index (χ0) is 16.8. The summed E-state index contributed by atoms with van der Waals surface area (Å²) in [7, 11) is 1.81. The van der Waals surface area contributed by atoms with Crippen LogP contribution in [-0.4, -0.2) is 26.2 Å². The summed E-state index contributed by atoms with van der Waals surface area (Å²) in [6.45, 7) is 3.77. The first-order chi connectivity index (χ1) is 11.8. The molecule has 2 aromatic rings. The third kappa shape index (κ3) is 5.11. The van der Waals surface area contributed by atoms with E-state index in [0.29, 0.717) is 5.92 Å². The van der Waals surface area contributed by atoms with Crippen molar-refractivity contribution < 1.29 is 4.74 Å². The fourth-order valence-corrected chi connectivity index (χ4v) is 3.07. The highest BCUT2D eigenvalue weighted by Crippen LogP contribution is 2.32. The standard InChI is InChI=1S/C20H25N3O.HI/c1-15(16-8-4-3-5-9-16)23-20(21-2)22-14-17-12-13-24-19-11-7-6-10-18(17)19;/h3-11,15,17H,12-14H2,1-2H3,(H2,21,22,23);1H. The van der Waals surface area contributed by atoms with Crippen molar-refractivity contribution in [3.05, 3.63) is 65.7 Å². The maximum Gasteiger partial charge on any atom is 0.191 e. The van der Waals surface area contributed by atoms with E-state index in [2.05, 4.69) is 58.9 Å². The average molecular weight is 451 g/mol. The molecule has 0 aliphatic carbocycles. The second kappa shape index (κ2) is 9.65. The van der Waals surface area contributed by atoms with E-state index < -0.39 is 0 Å². The van der Waals surface area contributed by atoms with Gasteiger partial charge in [-0.2, -0.15) is 0 Å². The summed E-state index contributed by atoms with van der Waals surface area (Å²) >= 11 is 0. The number of halogens is 1. The third-order valence-electron chi connectivity index (χ3n) is 4.48. The van der Waals surface area contributed by atoms with Crippen LogP contribution in [0.3, 0.4) is 0 Å². The minimum atomic E-state index is 0. The van der Waals surface area contributed by atoms with Crippen molar-refractivity contribution in [1.82, 2.24) is 10.6 Å².